The summed E-state index contributed by atoms with van der Waals surface area (Å²) in [7, 11) is 0. The summed E-state index contributed by atoms with van der Waals surface area (Å²) in [5.41, 5.74) is 1.28. The van der Waals surface area contributed by atoms with Crippen molar-refractivity contribution in [2.24, 2.45) is 0 Å². The summed E-state index contributed by atoms with van der Waals surface area (Å²) in [5.74, 6) is 1.17. The third-order valence-electron chi connectivity index (χ3n) is 3.81. The summed E-state index contributed by atoms with van der Waals surface area (Å²) in [4.78, 5) is 12.3. The molecule has 0 unspecified atom stereocenters. The largest absolute Gasteiger partial charge is 0.490 e. The normalized spacial score (nSPS) is 10.1. The molecule has 1 amide bonds. The highest BCUT2D eigenvalue weighted by molar-refractivity contribution is 9.10. The van der Waals surface area contributed by atoms with Crippen molar-refractivity contribution in [1.82, 2.24) is 5.32 Å². The number of anilines is 1. The first-order valence-corrected chi connectivity index (χ1v) is 10.1. The van der Waals surface area contributed by atoms with Gasteiger partial charge in [0.25, 0.3) is 5.91 Å². The minimum Gasteiger partial charge on any atom is -0.490 e. The van der Waals surface area contributed by atoms with Crippen molar-refractivity contribution in [1.29, 1.82) is 0 Å². The van der Waals surface area contributed by atoms with Crippen LogP contribution >= 0.6 is 28.1 Å². The maximum absolute atomic E-state index is 12.3. The van der Waals surface area contributed by atoms with Crippen molar-refractivity contribution in [3.63, 3.8) is 0 Å². The van der Waals surface area contributed by atoms with Gasteiger partial charge < -0.3 is 14.8 Å². The van der Waals surface area contributed by atoms with Crippen LogP contribution < -0.4 is 20.1 Å². The van der Waals surface area contributed by atoms with Crippen molar-refractivity contribution < 1.29 is 14.3 Å². The summed E-state index contributed by atoms with van der Waals surface area (Å²) >= 11 is 8.56. The number of nitrogens with one attached hydrogen (secondary N) is 2. The number of carbonyl (C=O) groups is 1. The van der Waals surface area contributed by atoms with E-state index in [1.165, 1.54) is 0 Å². The summed E-state index contributed by atoms with van der Waals surface area (Å²) < 4.78 is 12.2. The molecule has 0 heterocycles. The molecule has 3 aromatic carbocycles. The molecule has 2 N–H and O–H groups in total. The molecule has 0 aliphatic rings. The van der Waals surface area contributed by atoms with Crippen LogP contribution in [0.25, 0.3) is 0 Å². The number of hydrogen-bond donors (Lipinski definition) is 2. The lowest BCUT2D eigenvalue weighted by molar-refractivity contribution is 0.0977. The monoisotopic (exact) mass is 470 g/mol. The molecule has 29 heavy (non-hydrogen) atoms. The molecule has 0 spiro atoms. The van der Waals surface area contributed by atoms with E-state index in [0.717, 1.165) is 15.9 Å². The molecule has 0 aliphatic heterocycles. The van der Waals surface area contributed by atoms with Crippen LogP contribution in [0.4, 0.5) is 5.69 Å². The van der Waals surface area contributed by atoms with Gasteiger partial charge in [0.2, 0.25) is 0 Å². The Morgan fingerprint density at radius 3 is 2.03 bits per heavy atom. The van der Waals surface area contributed by atoms with E-state index in [9.17, 15) is 4.79 Å². The maximum atomic E-state index is 12.3. The number of hydrogen-bond acceptors (Lipinski definition) is 4. The molecule has 0 aliphatic carbocycles. The number of amides is 1. The zero-order valence-electron chi connectivity index (χ0n) is 15.4. The van der Waals surface area contributed by atoms with Gasteiger partial charge in [-0.2, -0.15) is 0 Å². The Balaban J connectivity index is 1.43. The van der Waals surface area contributed by atoms with Crippen LogP contribution in [0, 0.1) is 0 Å². The van der Waals surface area contributed by atoms with Gasteiger partial charge in [-0.05, 0) is 72.9 Å². The fourth-order valence-electron chi connectivity index (χ4n) is 2.41. The summed E-state index contributed by atoms with van der Waals surface area (Å²) in [6.45, 7) is 0.837. The van der Waals surface area contributed by atoms with Crippen LogP contribution in [-0.4, -0.2) is 24.2 Å². The highest BCUT2D eigenvalue weighted by Gasteiger charge is 2.08. The maximum Gasteiger partial charge on any atom is 0.257 e. The number of ether oxygens (including phenoxy) is 2. The minimum absolute atomic E-state index is 0.232. The van der Waals surface area contributed by atoms with E-state index >= 15 is 0 Å². The zero-order chi connectivity index (χ0) is 20.5. The Morgan fingerprint density at radius 1 is 0.828 bits per heavy atom. The number of thiocarbonyl (C=S) groups is 1. The topological polar surface area (TPSA) is 59.6 Å². The Kier molecular flexibility index (Phi) is 7.61. The molecule has 3 aromatic rings. The second kappa shape index (κ2) is 10.6. The molecule has 0 aromatic heterocycles. The summed E-state index contributed by atoms with van der Waals surface area (Å²) in [6, 6.07) is 23.9. The third-order valence-corrected chi connectivity index (χ3v) is 4.54. The molecule has 0 saturated carbocycles. The lowest BCUT2D eigenvalue weighted by Gasteiger charge is -2.11. The van der Waals surface area contributed by atoms with Crippen molar-refractivity contribution in [3.8, 4) is 11.5 Å². The summed E-state index contributed by atoms with van der Waals surface area (Å²) in [5, 5.41) is 5.86. The number of benzene rings is 3. The molecule has 0 bridgehead atoms. The average molecular weight is 471 g/mol. The van der Waals surface area contributed by atoms with E-state index in [1.807, 2.05) is 54.6 Å². The molecule has 0 radical (unpaired) electrons. The predicted octanol–water partition coefficient (Wildman–Crippen LogP) is 5.03. The smallest absolute Gasteiger partial charge is 0.257 e. The lowest BCUT2D eigenvalue weighted by Crippen LogP contribution is -2.34. The fourth-order valence-corrected chi connectivity index (χ4v) is 2.88. The standard InChI is InChI=1S/C22H19BrN2O3S/c23-17-8-10-18(11-9-17)24-22(29)25-21(26)16-6-12-20(13-7-16)28-15-14-27-19-4-2-1-3-5-19/h1-13H,14-15H2,(H2,24,25,26,29). The van der Waals surface area contributed by atoms with E-state index in [1.54, 1.807) is 24.3 Å². The molecule has 5 nitrogen and oxygen atoms in total. The Bertz CT molecular complexity index is 948. The van der Waals surface area contributed by atoms with Crippen LogP contribution in [-0.2, 0) is 0 Å². The van der Waals surface area contributed by atoms with Crippen LogP contribution in [0.2, 0.25) is 0 Å². The molecular weight excluding hydrogens is 452 g/mol. The van der Waals surface area contributed by atoms with Gasteiger partial charge in [-0.1, -0.05) is 34.1 Å². The highest BCUT2D eigenvalue weighted by atomic mass is 79.9. The van der Waals surface area contributed by atoms with Crippen molar-refractivity contribution >= 4 is 44.9 Å². The molecule has 148 valence electrons. The first-order chi connectivity index (χ1) is 14.1. The van der Waals surface area contributed by atoms with Gasteiger partial charge in [-0.3, -0.25) is 10.1 Å². The van der Waals surface area contributed by atoms with Gasteiger partial charge >= 0.3 is 0 Å². The average Bonchev–Trinajstić information content (AvgIpc) is 2.74. The van der Waals surface area contributed by atoms with Gasteiger partial charge in [0.1, 0.15) is 24.7 Å². The zero-order valence-corrected chi connectivity index (χ0v) is 17.8. The number of rotatable bonds is 7. The second-order valence-corrected chi connectivity index (χ2v) is 7.27. The van der Waals surface area contributed by atoms with Gasteiger partial charge in [0, 0.05) is 15.7 Å². The van der Waals surface area contributed by atoms with E-state index in [0.29, 0.717) is 24.5 Å². The molecular formula is C22H19BrN2O3S. The lowest BCUT2D eigenvalue weighted by atomic mass is 10.2. The summed E-state index contributed by atoms with van der Waals surface area (Å²) in [6.07, 6.45) is 0. The molecule has 0 saturated heterocycles. The highest BCUT2D eigenvalue weighted by Crippen LogP contribution is 2.15. The first kappa shape index (κ1) is 20.8. The van der Waals surface area contributed by atoms with Crippen LogP contribution in [0.3, 0.4) is 0 Å². The Hall–Kier alpha value is -2.90. The predicted molar refractivity (Wildman–Crippen MR) is 122 cm³/mol. The van der Waals surface area contributed by atoms with Gasteiger partial charge in [0.15, 0.2) is 5.11 Å². The number of carbonyl (C=O) groups excluding carboxylic acids is 1. The van der Waals surface area contributed by atoms with E-state index in [2.05, 4.69) is 26.6 Å². The van der Waals surface area contributed by atoms with E-state index < -0.39 is 0 Å². The number of halogens is 1. The van der Waals surface area contributed by atoms with Crippen molar-refractivity contribution in [2.45, 2.75) is 0 Å². The number of para-hydroxylation sites is 1. The van der Waals surface area contributed by atoms with Gasteiger partial charge in [0.05, 0.1) is 0 Å². The molecule has 0 atom stereocenters. The molecule has 3 rings (SSSR count). The Morgan fingerprint density at radius 2 is 1.41 bits per heavy atom. The van der Waals surface area contributed by atoms with Crippen molar-refractivity contribution in [2.75, 3.05) is 18.5 Å². The SMILES string of the molecule is O=C(NC(=S)Nc1ccc(Br)cc1)c1ccc(OCCOc2ccccc2)cc1. The van der Waals surface area contributed by atoms with Crippen LogP contribution in [0.5, 0.6) is 11.5 Å². The quantitative estimate of drug-likeness (QED) is 0.374. The van der Waals surface area contributed by atoms with Crippen LogP contribution in [0.1, 0.15) is 10.4 Å². The van der Waals surface area contributed by atoms with Crippen LogP contribution in [0.15, 0.2) is 83.3 Å². The van der Waals surface area contributed by atoms with Gasteiger partial charge in [-0.15, -0.1) is 0 Å². The second-order valence-electron chi connectivity index (χ2n) is 5.95. The Labute approximate surface area is 183 Å². The van der Waals surface area contributed by atoms with Gasteiger partial charge in [-0.25, -0.2) is 0 Å². The minimum atomic E-state index is -0.293. The molecule has 0 fully saturated rings. The van der Waals surface area contributed by atoms with E-state index in [4.69, 9.17) is 21.7 Å². The fraction of sp³-hybridized carbons (Fsp3) is 0.0909. The van der Waals surface area contributed by atoms with Crippen molar-refractivity contribution in [3.05, 3.63) is 88.9 Å². The van der Waals surface area contributed by atoms with E-state index in [-0.39, 0.29) is 11.0 Å². The first-order valence-electron chi connectivity index (χ1n) is 8.89. The third kappa shape index (κ3) is 6.89. The molecule has 7 heteroatoms.